The minimum Gasteiger partial charge on any atom is -0.334 e. The van der Waals surface area contributed by atoms with E-state index in [9.17, 15) is 17.6 Å². The van der Waals surface area contributed by atoms with Crippen LogP contribution in [0.1, 0.15) is 37.0 Å². The first kappa shape index (κ1) is 23.0. The third-order valence-corrected chi connectivity index (χ3v) is 7.47. The minimum absolute atomic E-state index is 0.169. The number of amides is 1. The van der Waals surface area contributed by atoms with Gasteiger partial charge in [-0.15, -0.1) is 11.3 Å². The topological polar surface area (TPSA) is 104 Å². The molecule has 0 aliphatic carbocycles. The molecular weight excluding hydrogens is 441 g/mol. The van der Waals surface area contributed by atoms with Crippen molar-refractivity contribution in [2.24, 2.45) is 11.7 Å². The molecule has 2 heterocycles. The first-order valence-electron chi connectivity index (χ1n) is 9.76. The van der Waals surface area contributed by atoms with Crippen LogP contribution in [0, 0.1) is 11.7 Å². The normalized spacial score (nSPS) is 11.8. The van der Waals surface area contributed by atoms with E-state index < -0.39 is 22.0 Å². The van der Waals surface area contributed by atoms with Gasteiger partial charge in [0.1, 0.15) is 11.6 Å². The molecule has 2 N–H and O–H groups in total. The summed E-state index contributed by atoms with van der Waals surface area (Å²) in [4.78, 5) is 16.1. The molecule has 1 aromatic carbocycles. The second-order valence-corrected chi connectivity index (χ2v) is 10.4. The van der Waals surface area contributed by atoms with Crippen molar-refractivity contribution in [2.75, 3.05) is 0 Å². The van der Waals surface area contributed by atoms with E-state index in [0.717, 1.165) is 28.5 Å². The number of hydrogen-bond acceptors (Lipinski definition) is 6. The van der Waals surface area contributed by atoms with Crippen LogP contribution in [-0.2, 0) is 33.7 Å². The van der Waals surface area contributed by atoms with E-state index in [-0.39, 0.29) is 15.7 Å². The lowest BCUT2D eigenvalue weighted by atomic mass is 10.0. The number of imidazole rings is 1. The zero-order valence-electron chi connectivity index (χ0n) is 17.5. The van der Waals surface area contributed by atoms with Crippen LogP contribution in [0.2, 0.25) is 0 Å². The number of benzene rings is 1. The number of carbonyl (C=O) groups is 1. The third kappa shape index (κ3) is 5.31. The van der Waals surface area contributed by atoms with E-state index in [4.69, 9.17) is 5.73 Å². The van der Waals surface area contributed by atoms with Crippen LogP contribution in [0.5, 0.6) is 0 Å². The first-order valence-corrected chi connectivity index (χ1v) is 12.0. The van der Waals surface area contributed by atoms with E-state index in [1.165, 1.54) is 6.07 Å². The van der Waals surface area contributed by atoms with Crippen molar-refractivity contribution < 1.29 is 21.8 Å². The SMILES string of the molecule is CCc1nccn1Cc1ccc(-c2cc(CC(C)C)sc2S(=O)(=O)OC(N)=O)cc1F. The molecule has 10 heteroatoms. The number of aromatic nitrogens is 2. The summed E-state index contributed by atoms with van der Waals surface area (Å²) in [5.41, 5.74) is 6.03. The van der Waals surface area contributed by atoms with Gasteiger partial charge in [-0.05, 0) is 30.0 Å². The zero-order valence-corrected chi connectivity index (χ0v) is 19.1. The lowest BCUT2D eigenvalue weighted by Gasteiger charge is -2.10. The summed E-state index contributed by atoms with van der Waals surface area (Å²) >= 11 is 0.995. The second kappa shape index (κ2) is 9.19. The van der Waals surface area contributed by atoms with Crippen LogP contribution < -0.4 is 5.73 Å². The highest BCUT2D eigenvalue weighted by molar-refractivity contribution is 7.89. The zero-order chi connectivity index (χ0) is 22.8. The Morgan fingerprint density at radius 3 is 2.68 bits per heavy atom. The summed E-state index contributed by atoms with van der Waals surface area (Å²) in [5.74, 6) is 0.654. The van der Waals surface area contributed by atoms with Gasteiger partial charge in [-0.1, -0.05) is 32.9 Å². The Kier molecular flexibility index (Phi) is 6.80. The maximum Gasteiger partial charge on any atom is 0.420 e. The smallest absolute Gasteiger partial charge is 0.334 e. The van der Waals surface area contributed by atoms with Crippen LogP contribution >= 0.6 is 11.3 Å². The molecule has 0 atom stereocenters. The molecule has 0 fully saturated rings. The number of halogens is 1. The fourth-order valence-corrected chi connectivity index (χ4v) is 5.97. The van der Waals surface area contributed by atoms with E-state index in [1.54, 1.807) is 30.6 Å². The molecule has 2 aromatic heterocycles. The fraction of sp³-hybridized carbons (Fsp3) is 0.333. The monoisotopic (exact) mass is 465 g/mol. The van der Waals surface area contributed by atoms with Crippen LogP contribution in [0.15, 0.2) is 40.9 Å². The molecular formula is C21H24FN3O4S2. The highest BCUT2D eigenvalue weighted by Crippen LogP contribution is 2.38. The number of thiophene rings is 1. The molecule has 0 spiro atoms. The van der Waals surface area contributed by atoms with Gasteiger partial charge in [0.05, 0.1) is 6.54 Å². The molecule has 0 aliphatic rings. The van der Waals surface area contributed by atoms with E-state index in [1.807, 2.05) is 25.3 Å². The maximum absolute atomic E-state index is 14.9. The number of hydrogen-bond donors (Lipinski definition) is 1. The summed E-state index contributed by atoms with van der Waals surface area (Å²) in [6.07, 6.45) is 3.39. The van der Waals surface area contributed by atoms with Crippen molar-refractivity contribution in [3.8, 4) is 11.1 Å². The number of primary amides is 1. The second-order valence-electron chi connectivity index (χ2n) is 7.50. The average molecular weight is 466 g/mol. The van der Waals surface area contributed by atoms with Gasteiger partial charge < -0.3 is 14.5 Å². The first-order chi connectivity index (χ1) is 14.6. The molecule has 0 saturated heterocycles. The highest BCUT2D eigenvalue weighted by Gasteiger charge is 2.27. The van der Waals surface area contributed by atoms with Gasteiger partial charge in [0.2, 0.25) is 0 Å². The Morgan fingerprint density at radius 2 is 2.06 bits per heavy atom. The molecule has 166 valence electrons. The molecule has 3 rings (SSSR count). The van der Waals surface area contributed by atoms with Gasteiger partial charge >= 0.3 is 16.2 Å². The highest BCUT2D eigenvalue weighted by atomic mass is 32.3. The Labute approximate surface area is 184 Å². The Hall–Kier alpha value is -2.72. The Bertz CT molecular complexity index is 1200. The van der Waals surface area contributed by atoms with Crippen molar-refractivity contribution in [3.63, 3.8) is 0 Å². The summed E-state index contributed by atoms with van der Waals surface area (Å²) < 4.78 is 46.1. The van der Waals surface area contributed by atoms with E-state index >= 15 is 0 Å². The largest absolute Gasteiger partial charge is 0.420 e. The average Bonchev–Trinajstić information content (AvgIpc) is 3.29. The molecule has 0 saturated carbocycles. The quantitative estimate of drug-likeness (QED) is 0.498. The van der Waals surface area contributed by atoms with Gasteiger partial charge in [0, 0.05) is 34.8 Å². The number of aryl methyl sites for hydroxylation is 1. The molecule has 31 heavy (non-hydrogen) atoms. The van der Waals surface area contributed by atoms with Crippen molar-refractivity contribution >= 4 is 27.5 Å². The minimum atomic E-state index is -4.42. The van der Waals surface area contributed by atoms with Crippen LogP contribution in [-0.4, -0.2) is 24.1 Å². The number of carbonyl (C=O) groups excluding carboxylic acids is 1. The molecule has 3 aromatic rings. The van der Waals surface area contributed by atoms with Gasteiger partial charge in [-0.25, -0.2) is 14.2 Å². The Morgan fingerprint density at radius 1 is 1.32 bits per heavy atom. The maximum atomic E-state index is 14.9. The van der Waals surface area contributed by atoms with Gasteiger partial charge in [0.25, 0.3) is 0 Å². The predicted molar refractivity (Wildman–Crippen MR) is 117 cm³/mol. The van der Waals surface area contributed by atoms with Crippen molar-refractivity contribution in [1.29, 1.82) is 0 Å². The summed E-state index contributed by atoms with van der Waals surface area (Å²) in [7, 11) is -4.42. The molecule has 0 bridgehead atoms. The van der Waals surface area contributed by atoms with Gasteiger partial charge in [-0.3, -0.25) is 0 Å². The van der Waals surface area contributed by atoms with Gasteiger partial charge in [0.15, 0.2) is 4.21 Å². The van der Waals surface area contributed by atoms with Crippen molar-refractivity contribution in [1.82, 2.24) is 9.55 Å². The fourth-order valence-electron chi connectivity index (χ4n) is 3.28. The lowest BCUT2D eigenvalue weighted by Crippen LogP contribution is -2.18. The van der Waals surface area contributed by atoms with E-state index in [0.29, 0.717) is 24.1 Å². The van der Waals surface area contributed by atoms with Crippen LogP contribution in [0.3, 0.4) is 0 Å². The predicted octanol–water partition coefficient (Wildman–Crippen LogP) is 4.34. The van der Waals surface area contributed by atoms with Gasteiger partial charge in [-0.2, -0.15) is 8.42 Å². The molecule has 0 radical (unpaired) electrons. The number of rotatable bonds is 8. The summed E-state index contributed by atoms with van der Waals surface area (Å²) in [6.45, 7) is 6.29. The Balaban J connectivity index is 2.02. The van der Waals surface area contributed by atoms with Crippen molar-refractivity contribution in [2.45, 2.75) is 44.4 Å². The van der Waals surface area contributed by atoms with Crippen molar-refractivity contribution in [3.05, 3.63) is 58.7 Å². The summed E-state index contributed by atoms with van der Waals surface area (Å²) in [6, 6.07) is 6.27. The van der Waals surface area contributed by atoms with Crippen LogP contribution in [0.4, 0.5) is 9.18 Å². The lowest BCUT2D eigenvalue weighted by molar-refractivity contribution is 0.213. The molecule has 0 aliphatic heterocycles. The number of nitrogens with zero attached hydrogens (tertiary/aromatic N) is 2. The van der Waals surface area contributed by atoms with Crippen LogP contribution in [0.25, 0.3) is 11.1 Å². The van der Waals surface area contributed by atoms with E-state index in [2.05, 4.69) is 9.17 Å². The molecule has 0 unspecified atom stereocenters. The summed E-state index contributed by atoms with van der Waals surface area (Å²) in [5, 5.41) is 0. The standard InChI is InChI=1S/C21H24FN3O4S2/c1-4-19-24-7-8-25(19)12-15-6-5-14(10-18(15)22)17-11-16(9-13(2)3)30-20(17)31(27,28)29-21(23)26/h5-8,10-11,13H,4,9,12H2,1-3H3,(H2,23,26). The molecule has 1 amide bonds. The molecule has 7 nitrogen and oxygen atoms in total. The number of nitrogens with two attached hydrogens (primary N) is 1. The third-order valence-electron chi connectivity index (χ3n) is 4.60.